The van der Waals surface area contributed by atoms with Crippen LogP contribution in [-0.2, 0) is 0 Å². The topological polar surface area (TPSA) is 79.4 Å². The van der Waals surface area contributed by atoms with Gasteiger partial charge in [0.25, 0.3) is 5.91 Å². The highest BCUT2D eigenvalue weighted by Crippen LogP contribution is 2.20. The molecule has 0 spiro atoms. The molecule has 0 atom stereocenters. The van der Waals surface area contributed by atoms with Gasteiger partial charge in [-0.25, -0.2) is 9.97 Å². The van der Waals surface area contributed by atoms with Gasteiger partial charge in [0, 0.05) is 37.4 Å². The molecule has 1 heterocycles. The predicted molar refractivity (Wildman–Crippen MR) is 116 cm³/mol. The van der Waals surface area contributed by atoms with Crippen LogP contribution >= 0.6 is 0 Å². The molecule has 0 saturated carbocycles. The van der Waals surface area contributed by atoms with E-state index >= 15 is 0 Å². The van der Waals surface area contributed by atoms with Crippen LogP contribution in [0.5, 0.6) is 5.75 Å². The molecule has 0 fully saturated rings. The number of hydrogen-bond acceptors (Lipinski definition) is 6. The Balaban J connectivity index is 1.66. The van der Waals surface area contributed by atoms with Gasteiger partial charge in [0.15, 0.2) is 0 Å². The Kier molecular flexibility index (Phi) is 6.29. The highest BCUT2D eigenvalue weighted by Gasteiger charge is 2.10. The van der Waals surface area contributed by atoms with Crippen molar-refractivity contribution in [3.63, 3.8) is 0 Å². The molecule has 2 N–H and O–H groups in total. The Morgan fingerprint density at radius 1 is 0.966 bits per heavy atom. The lowest BCUT2D eigenvalue weighted by Gasteiger charge is -2.13. The Morgan fingerprint density at radius 2 is 1.62 bits per heavy atom. The third-order valence-corrected chi connectivity index (χ3v) is 4.01. The first-order valence-electron chi connectivity index (χ1n) is 9.36. The molecule has 3 rings (SSSR count). The van der Waals surface area contributed by atoms with E-state index in [0.29, 0.717) is 11.6 Å². The molecule has 3 aromatic rings. The summed E-state index contributed by atoms with van der Waals surface area (Å²) in [5.41, 5.74) is 2.84. The van der Waals surface area contributed by atoms with Gasteiger partial charge in [-0.2, -0.15) is 0 Å². The van der Waals surface area contributed by atoms with Crippen molar-refractivity contribution in [3.8, 4) is 5.75 Å². The van der Waals surface area contributed by atoms with Gasteiger partial charge in [-0.05, 0) is 68.4 Å². The van der Waals surface area contributed by atoms with Crippen molar-refractivity contribution in [1.82, 2.24) is 9.97 Å². The van der Waals surface area contributed by atoms with E-state index in [1.807, 2.05) is 81.4 Å². The van der Waals surface area contributed by atoms with Crippen LogP contribution in [-0.4, -0.2) is 36.1 Å². The quantitative estimate of drug-likeness (QED) is 0.624. The Hall–Kier alpha value is -3.61. The molecule has 0 aliphatic carbocycles. The molecule has 0 aliphatic rings. The van der Waals surface area contributed by atoms with E-state index < -0.39 is 0 Å². The summed E-state index contributed by atoms with van der Waals surface area (Å²) in [4.78, 5) is 23.0. The van der Waals surface area contributed by atoms with Gasteiger partial charge in [0.1, 0.15) is 11.4 Å². The van der Waals surface area contributed by atoms with E-state index in [1.54, 1.807) is 12.3 Å². The summed E-state index contributed by atoms with van der Waals surface area (Å²) in [6.45, 7) is 3.96. The molecule has 0 saturated heterocycles. The van der Waals surface area contributed by atoms with Gasteiger partial charge in [-0.15, -0.1) is 0 Å². The predicted octanol–water partition coefficient (Wildman–Crippen LogP) is 4.33. The third-order valence-electron chi connectivity index (χ3n) is 4.01. The zero-order valence-corrected chi connectivity index (χ0v) is 17.0. The van der Waals surface area contributed by atoms with Crippen LogP contribution in [0.1, 0.15) is 24.3 Å². The number of nitrogens with zero attached hydrogens (tertiary/aromatic N) is 3. The third kappa shape index (κ3) is 5.68. The molecule has 150 valence electrons. The second-order valence-electron chi connectivity index (χ2n) is 6.98. The molecule has 1 aromatic heterocycles. The summed E-state index contributed by atoms with van der Waals surface area (Å²) in [5, 5.41) is 5.95. The minimum absolute atomic E-state index is 0.117. The number of aromatic nitrogens is 2. The normalized spacial score (nSPS) is 10.5. The van der Waals surface area contributed by atoms with Crippen molar-refractivity contribution in [2.24, 2.45) is 0 Å². The minimum Gasteiger partial charge on any atom is -0.491 e. The maximum atomic E-state index is 12.5. The Morgan fingerprint density at radius 3 is 2.24 bits per heavy atom. The molecule has 7 nitrogen and oxygen atoms in total. The van der Waals surface area contributed by atoms with E-state index in [1.165, 1.54) is 0 Å². The standard InChI is InChI=1S/C22H25N5O2/c1-15(2)29-19-11-7-17(8-12-19)25-22-23-14-13-20(26-22)21(28)24-16-5-9-18(10-6-16)27(3)4/h5-15H,1-4H3,(H,24,28)(H,23,25,26). The number of rotatable bonds is 7. The number of nitrogens with one attached hydrogen (secondary N) is 2. The van der Waals surface area contributed by atoms with Crippen LogP contribution in [0.15, 0.2) is 60.8 Å². The first kappa shape index (κ1) is 20.1. The molecular formula is C22H25N5O2. The number of anilines is 4. The van der Waals surface area contributed by atoms with Gasteiger partial charge < -0.3 is 20.3 Å². The number of carbonyl (C=O) groups excluding carboxylic acids is 1. The zero-order valence-electron chi connectivity index (χ0n) is 17.0. The number of amides is 1. The van der Waals surface area contributed by atoms with E-state index in [-0.39, 0.29) is 17.7 Å². The van der Waals surface area contributed by atoms with Crippen LogP contribution in [0.25, 0.3) is 0 Å². The smallest absolute Gasteiger partial charge is 0.274 e. The van der Waals surface area contributed by atoms with Gasteiger partial charge in [-0.3, -0.25) is 4.79 Å². The maximum Gasteiger partial charge on any atom is 0.274 e. The monoisotopic (exact) mass is 391 g/mol. The molecule has 1 amide bonds. The SMILES string of the molecule is CC(C)Oc1ccc(Nc2nccc(C(=O)Nc3ccc(N(C)C)cc3)n2)cc1. The highest BCUT2D eigenvalue weighted by atomic mass is 16.5. The number of ether oxygens (including phenoxy) is 1. The summed E-state index contributed by atoms with van der Waals surface area (Å²) in [7, 11) is 3.93. The van der Waals surface area contributed by atoms with Gasteiger partial charge in [0.05, 0.1) is 6.10 Å². The summed E-state index contributed by atoms with van der Waals surface area (Å²) < 4.78 is 5.63. The van der Waals surface area contributed by atoms with Crippen molar-refractivity contribution in [1.29, 1.82) is 0 Å². The average Bonchev–Trinajstić information content (AvgIpc) is 2.70. The summed E-state index contributed by atoms with van der Waals surface area (Å²) >= 11 is 0. The van der Waals surface area contributed by atoms with E-state index in [4.69, 9.17) is 4.74 Å². The lowest BCUT2D eigenvalue weighted by atomic mass is 10.2. The molecule has 29 heavy (non-hydrogen) atoms. The molecule has 0 aliphatic heterocycles. The lowest BCUT2D eigenvalue weighted by molar-refractivity contribution is 0.102. The van der Waals surface area contributed by atoms with Crippen molar-refractivity contribution in [2.45, 2.75) is 20.0 Å². The fraction of sp³-hybridized carbons (Fsp3) is 0.227. The molecule has 0 bridgehead atoms. The van der Waals surface area contributed by atoms with E-state index in [9.17, 15) is 4.79 Å². The van der Waals surface area contributed by atoms with Crippen molar-refractivity contribution < 1.29 is 9.53 Å². The summed E-state index contributed by atoms with van der Waals surface area (Å²) in [6.07, 6.45) is 1.67. The van der Waals surface area contributed by atoms with Crippen molar-refractivity contribution in [2.75, 3.05) is 29.6 Å². The average molecular weight is 391 g/mol. The first-order chi connectivity index (χ1) is 13.9. The number of hydrogen-bond donors (Lipinski definition) is 2. The fourth-order valence-corrected chi connectivity index (χ4v) is 2.60. The summed E-state index contributed by atoms with van der Waals surface area (Å²) in [5.74, 6) is 0.840. The second kappa shape index (κ2) is 9.05. The van der Waals surface area contributed by atoms with E-state index in [2.05, 4.69) is 20.6 Å². The van der Waals surface area contributed by atoms with Crippen molar-refractivity contribution >= 4 is 28.9 Å². The van der Waals surface area contributed by atoms with Crippen LogP contribution < -0.4 is 20.3 Å². The molecule has 2 aromatic carbocycles. The first-order valence-corrected chi connectivity index (χ1v) is 9.36. The van der Waals surface area contributed by atoms with Crippen LogP contribution in [0.4, 0.5) is 23.0 Å². The minimum atomic E-state index is -0.297. The Labute approximate surface area is 170 Å². The van der Waals surface area contributed by atoms with Crippen LogP contribution in [0.3, 0.4) is 0 Å². The van der Waals surface area contributed by atoms with Gasteiger partial charge in [0.2, 0.25) is 5.95 Å². The fourth-order valence-electron chi connectivity index (χ4n) is 2.60. The van der Waals surface area contributed by atoms with Gasteiger partial charge in [-0.1, -0.05) is 0 Å². The molecule has 0 radical (unpaired) electrons. The van der Waals surface area contributed by atoms with Gasteiger partial charge >= 0.3 is 0 Å². The molecule has 7 heteroatoms. The largest absolute Gasteiger partial charge is 0.491 e. The van der Waals surface area contributed by atoms with Crippen LogP contribution in [0.2, 0.25) is 0 Å². The zero-order chi connectivity index (χ0) is 20.8. The molecule has 0 unspecified atom stereocenters. The highest BCUT2D eigenvalue weighted by molar-refractivity contribution is 6.03. The lowest BCUT2D eigenvalue weighted by Crippen LogP contribution is -2.15. The number of carbonyl (C=O) groups is 1. The Bertz CT molecular complexity index is 954. The second-order valence-corrected chi connectivity index (χ2v) is 6.98. The van der Waals surface area contributed by atoms with E-state index in [0.717, 1.165) is 17.1 Å². The van der Waals surface area contributed by atoms with Crippen molar-refractivity contribution in [3.05, 3.63) is 66.5 Å². The summed E-state index contributed by atoms with van der Waals surface area (Å²) in [6, 6.07) is 16.7. The molecular weight excluding hydrogens is 366 g/mol. The van der Waals surface area contributed by atoms with Crippen LogP contribution in [0, 0.1) is 0 Å². The maximum absolute atomic E-state index is 12.5. The number of benzene rings is 2.